The van der Waals surface area contributed by atoms with Crippen molar-refractivity contribution in [1.29, 1.82) is 0 Å². The van der Waals surface area contributed by atoms with Crippen molar-refractivity contribution in [3.05, 3.63) is 0 Å². The van der Waals surface area contributed by atoms with Crippen molar-refractivity contribution in [1.82, 2.24) is 9.80 Å². The third kappa shape index (κ3) is 2.55. The van der Waals surface area contributed by atoms with Gasteiger partial charge in [0, 0.05) is 19.5 Å². The van der Waals surface area contributed by atoms with E-state index in [0.29, 0.717) is 12.3 Å². The monoisotopic (exact) mass is 196 g/mol. The van der Waals surface area contributed by atoms with Crippen LogP contribution in [0.15, 0.2) is 0 Å². The lowest BCUT2D eigenvalue weighted by molar-refractivity contribution is -0.116. The van der Waals surface area contributed by atoms with Gasteiger partial charge in [0.15, 0.2) is 0 Å². The van der Waals surface area contributed by atoms with E-state index < -0.39 is 0 Å². The first-order chi connectivity index (χ1) is 6.74. The Hall–Kier alpha value is -0.410. The molecule has 2 aliphatic heterocycles. The van der Waals surface area contributed by atoms with E-state index in [1.165, 1.54) is 25.9 Å². The van der Waals surface area contributed by atoms with Gasteiger partial charge in [-0.2, -0.15) is 0 Å². The number of Topliss-reactive ketones (excluding diaryl/α,β-unsaturated/α-hetero) is 1. The van der Waals surface area contributed by atoms with Gasteiger partial charge in [0.1, 0.15) is 5.78 Å². The maximum atomic E-state index is 11.1. The number of carbonyl (C=O) groups excluding carboxylic acids is 1. The summed E-state index contributed by atoms with van der Waals surface area (Å²) in [6.45, 7) is 5.33. The van der Waals surface area contributed by atoms with Crippen LogP contribution in [0.25, 0.3) is 0 Å². The Balaban J connectivity index is 1.72. The lowest BCUT2D eigenvalue weighted by atomic mass is 9.97. The topological polar surface area (TPSA) is 23.6 Å². The fraction of sp³-hybridized carbons (Fsp3) is 0.909. The van der Waals surface area contributed by atoms with Crippen LogP contribution in [-0.4, -0.2) is 55.4 Å². The van der Waals surface area contributed by atoms with Crippen LogP contribution in [0.2, 0.25) is 0 Å². The molecular weight excluding hydrogens is 176 g/mol. The fourth-order valence-electron chi connectivity index (χ4n) is 2.46. The molecule has 3 nitrogen and oxygen atoms in total. The molecule has 3 heteroatoms. The number of ketones is 1. The van der Waals surface area contributed by atoms with E-state index in [-0.39, 0.29) is 0 Å². The molecule has 0 amide bonds. The lowest BCUT2D eigenvalue weighted by Crippen LogP contribution is -2.36. The van der Waals surface area contributed by atoms with Crippen molar-refractivity contribution in [3.8, 4) is 0 Å². The lowest BCUT2D eigenvalue weighted by Gasteiger charge is -2.31. The zero-order valence-corrected chi connectivity index (χ0v) is 9.04. The SMILES string of the molecule is CN1CCC(CN2CCC(=O)C2)CC1. The molecule has 2 saturated heterocycles. The number of likely N-dealkylation sites (tertiary alicyclic amines) is 2. The van der Waals surface area contributed by atoms with Crippen LogP contribution in [0.4, 0.5) is 0 Å². The maximum Gasteiger partial charge on any atom is 0.148 e. The van der Waals surface area contributed by atoms with E-state index in [1.807, 2.05) is 0 Å². The van der Waals surface area contributed by atoms with Gasteiger partial charge in [-0.25, -0.2) is 0 Å². The molecule has 0 radical (unpaired) electrons. The van der Waals surface area contributed by atoms with Gasteiger partial charge in [-0.1, -0.05) is 0 Å². The second-order valence-electron chi connectivity index (χ2n) is 4.77. The van der Waals surface area contributed by atoms with Gasteiger partial charge in [-0.3, -0.25) is 9.69 Å². The normalized spacial score (nSPS) is 27.4. The number of hydrogen-bond donors (Lipinski definition) is 0. The van der Waals surface area contributed by atoms with Gasteiger partial charge in [-0.05, 0) is 38.9 Å². The molecular formula is C11H20N2O. The van der Waals surface area contributed by atoms with E-state index in [2.05, 4.69) is 16.8 Å². The highest BCUT2D eigenvalue weighted by Gasteiger charge is 2.24. The van der Waals surface area contributed by atoms with Crippen LogP contribution in [0.3, 0.4) is 0 Å². The van der Waals surface area contributed by atoms with Gasteiger partial charge >= 0.3 is 0 Å². The Morgan fingerprint density at radius 2 is 2.00 bits per heavy atom. The summed E-state index contributed by atoms with van der Waals surface area (Å²) >= 11 is 0. The van der Waals surface area contributed by atoms with Crippen molar-refractivity contribution < 1.29 is 4.79 Å². The molecule has 0 unspecified atom stereocenters. The molecule has 14 heavy (non-hydrogen) atoms. The number of piperidine rings is 1. The Morgan fingerprint density at radius 1 is 1.29 bits per heavy atom. The fourth-order valence-corrected chi connectivity index (χ4v) is 2.46. The highest BCUT2D eigenvalue weighted by Crippen LogP contribution is 2.18. The molecule has 0 aromatic rings. The minimum absolute atomic E-state index is 0.429. The highest BCUT2D eigenvalue weighted by molar-refractivity contribution is 5.82. The molecule has 0 aliphatic carbocycles. The van der Waals surface area contributed by atoms with Crippen LogP contribution < -0.4 is 0 Å². The Kier molecular flexibility index (Phi) is 3.19. The van der Waals surface area contributed by atoms with E-state index in [0.717, 1.165) is 25.4 Å². The summed E-state index contributed by atoms with van der Waals surface area (Å²) in [5, 5.41) is 0. The van der Waals surface area contributed by atoms with Gasteiger partial charge in [0.25, 0.3) is 0 Å². The van der Waals surface area contributed by atoms with Crippen LogP contribution >= 0.6 is 0 Å². The van der Waals surface area contributed by atoms with Gasteiger partial charge < -0.3 is 4.90 Å². The third-order valence-corrected chi connectivity index (χ3v) is 3.46. The Morgan fingerprint density at radius 3 is 2.57 bits per heavy atom. The minimum Gasteiger partial charge on any atom is -0.306 e. The van der Waals surface area contributed by atoms with Crippen LogP contribution in [0.1, 0.15) is 19.3 Å². The summed E-state index contributed by atoms with van der Waals surface area (Å²) in [7, 11) is 2.19. The first-order valence-corrected chi connectivity index (χ1v) is 5.66. The molecule has 2 aliphatic rings. The zero-order chi connectivity index (χ0) is 9.97. The van der Waals surface area contributed by atoms with E-state index in [9.17, 15) is 4.79 Å². The number of nitrogens with zero attached hydrogens (tertiary/aromatic N) is 2. The van der Waals surface area contributed by atoms with Crippen molar-refractivity contribution >= 4 is 5.78 Å². The average molecular weight is 196 g/mol. The van der Waals surface area contributed by atoms with Crippen LogP contribution in [0.5, 0.6) is 0 Å². The summed E-state index contributed by atoms with van der Waals surface area (Å²) in [4.78, 5) is 15.8. The molecule has 0 atom stereocenters. The van der Waals surface area contributed by atoms with Crippen molar-refractivity contribution in [3.63, 3.8) is 0 Å². The summed E-state index contributed by atoms with van der Waals surface area (Å²) in [5.41, 5.74) is 0. The van der Waals surface area contributed by atoms with Crippen molar-refractivity contribution in [2.75, 3.05) is 39.8 Å². The number of rotatable bonds is 2. The van der Waals surface area contributed by atoms with Crippen LogP contribution in [0, 0.1) is 5.92 Å². The standard InChI is InChI=1S/C11H20N2O/c1-12-5-2-10(3-6-12)8-13-7-4-11(14)9-13/h10H,2-9H2,1H3. The summed E-state index contributed by atoms with van der Waals surface area (Å²) < 4.78 is 0. The molecule has 0 aromatic heterocycles. The number of hydrogen-bond acceptors (Lipinski definition) is 3. The Bertz CT molecular complexity index is 209. The van der Waals surface area contributed by atoms with Crippen LogP contribution in [-0.2, 0) is 4.79 Å². The molecule has 80 valence electrons. The first-order valence-electron chi connectivity index (χ1n) is 5.66. The largest absolute Gasteiger partial charge is 0.306 e. The molecule has 0 spiro atoms. The summed E-state index contributed by atoms with van der Waals surface area (Å²) in [6, 6.07) is 0. The molecule has 0 bridgehead atoms. The Labute approximate surface area is 86.1 Å². The molecule has 0 saturated carbocycles. The predicted molar refractivity (Wildman–Crippen MR) is 56.3 cm³/mol. The van der Waals surface area contributed by atoms with Gasteiger partial charge in [0.2, 0.25) is 0 Å². The molecule has 2 heterocycles. The average Bonchev–Trinajstić information content (AvgIpc) is 2.56. The molecule has 2 fully saturated rings. The second kappa shape index (κ2) is 4.41. The molecule has 2 rings (SSSR count). The van der Waals surface area contributed by atoms with E-state index >= 15 is 0 Å². The quantitative estimate of drug-likeness (QED) is 0.646. The van der Waals surface area contributed by atoms with Crippen molar-refractivity contribution in [2.24, 2.45) is 5.92 Å². The predicted octanol–water partition coefficient (Wildman–Crippen LogP) is 0.603. The zero-order valence-electron chi connectivity index (χ0n) is 9.04. The smallest absolute Gasteiger partial charge is 0.148 e. The third-order valence-electron chi connectivity index (χ3n) is 3.46. The molecule has 0 N–H and O–H groups in total. The minimum atomic E-state index is 0.429. The summed E-state index contributed by atoms with van der Waals surface area (Å²) in [5.74, 6) is 1.26. The second-order valence-corrected chi connectivity index (χ2v) is 4.77. The van der Waals surface area contributed by atoms with E-state index in [4.69, 9.17) is 0 Å². The maximum absolute atomic E-state index is 11.1. The number of carbonyl (C=O) groups is 1. The highest BCUT2D eigenvalue weighted by atomic mass is 16.1. The van der Waals surface area contributed by atoms with Gasteiger partial charge in [-0.15, -0.1) is 0 Å². The molecule has 0 aromatic carbocycles. The van der Waals surface area contributed by atoms with Gasteiger partial charge in [0.05, 0.1) is 6.54 Å². The van der Waals surface area contributed by atoms with E-state index in [1.54, 1.807) is 0 Å². The van der Waals surface area contributed by atoms with Crippen molar-refractivity contribution in [2.45, 2.75) is 19.3 Å². The summed E-state index contributed by atoms with van der Waals surface area (Å²) in [6.07, 6.45) is 3.40. The first kappa shape index (κ1) is 10.1.